The van der Waals surface area contributed by atoms with Gasteiger partial charge < -0.3 is 20.4 Å². The Morgan fingerprint density at radius 3 is 1.56 bits per heavy atom. The Morgan fingerprint density at radius 1 is 0.778 bits per heavy atom. The Kier molecular flexibility index (Phi) is 8.72. The largest absolute Gasteiger partial charge is 0.481 e. The Labute approximate surface area is 158 Å². The van der Waals surface area contributed by atoms with Crippen LogP contribution in [0.5, 0.6) is 0 Å². The van der Waals surface area contributed by atoms with Crippen molar-refractivity contribution in [3.05, 3.63) is 0 Å². The minimum atomic E-state index is -1.45. The number of hydrogen-bond acceptors (Lipinski definition) is 4. The summed E-state index contributed by atoms with van der Waals surface area (Å²) in [6.45, 7) is 4.10. The molecule has 4 unspecified atom stereocenters. The Bertz CT molecular complexity index is 530. The van der Waals surface area contributed by atoms with E-state index in [1.165, 1.54) is 0 Å². The highest BCUT2D eigenvalue weighted by Gasteiger charge is 2.42. The average Bonchev–Trinajstić information content (AvgIpc) is 2.82. The molecule has 8 nitrogen and oxygen atoms in total. The van der Waals surface area contributed by atoms with Crippen LogP contribution in [0.15, 0.2) is 0 Å². The van der Waals surface area contributed by atoms with Gasteiger partial charge in [-0.25, -0.2) is 0 Å². The lowest BCUT2D eigenvalue weighted by Gasteiger charge is -2.27. The summed E-state index contributed by atoms with van der Waals surface area (Å²) in [5, 5.41) is 36.3. The van der Waals surface area contributed by atoms with Gasteiger partial charge in [0.1, 0.15) is 0 Å². The van der Waals surface area contributed by atoms with Crippen molar-refractivity contribution in [2.75, 3.05) is 0 Å². The summed E-state index contributed by atoms with van der Waals surface area (Å²) >= 11 is 0. The molecule has 0 aliphatic heterocycles. The first-order chi connectivity index (χ1) is 12.6. The molecule has 1 aliphatic carbocycles. The van der Waals surface area contributed by atoms with Crippen LogP contribution in [-0.2, 0) is 19.2 Å². The highest BCUT2D eigenvalue weighted by molar-refractivity contribution is 5.93. The molecular weight excluding hydrogens is 356 g/mol. The highest BCUT2D eigenvalue weighted by atomic mass is 16.4. The summed E-state index contributed by atoms with van der Waals surface area (Å²) < 4.78 is 0. The molecule has 1 aliphatic rings. The highest BCUT2D eigenvalue weighted by Crippen LogP contribution is 2.48. The van der Waals surface area contributed by atoms with Crippen molar-refractivity contribution >= 4 is 23.9 Å². The minimum Gasteiger partial charge on any atom is -0.481 e. The number of rotatable bonds is 12. The lowest BCUT2D eigenvalue weighted by atomic mass is 9.77. The molecule has 0 heterocycles. The van der Waals surface area contributed by atoms with E-state index in [1.54, 1.807) is 0 Å². The molecule has 0 radical (unpaired) electrons. The van der Waals surface area contributed by atoms with E-state index in [0.717, 1.165) is 19.3 Å². The second-order valence-corrected chi connectivity index (χ2v) is 7.70. The molecule has 1 fully saturated rings. The van der Waals surface area contributed by atoms with E-state index < -0.39 is 35.7 Å². The number of aliphatic carboxylic acids is 4. The first kappa shape index (κ1) is 22.9. The molecule has 1 saturated carbocycles. The average molecular weight is 386 g/mol. The van der Waals surface area contributed by atoms with Gasteiger partial charge >= 0.3 is 23.9 Å². The maximum Gasteiger partial charge on any atom is 0.317 e. The van der Waals surface area contributed by atoms with Crippen molar-refractivity contribution in [2.45, 2.75) is 58.8 Å². The van der Waals surface area contributed by atoms with Crippen LogP contribution < -0.4 is 0 Å². The third kappa shape index (κ3) is 6.22. The summed E-state index contributed by atoms with van der Waals surface area (Å²) in [5.74, 6) is -7.56. The molecule has 0 aromatic rings. The number of carboxylic acids is 4. The van der Waals surface area contributed by atoms with Gasteiger partial charge in [-0.15, -0.1) is 0 Å². The van der Waals surface area contributed by atoms with Crippen molar-refractivity contribution in [1.82, 2.24) is 0 Å². The summed E-state index contributed by atoms with van der Waals surface area (Å²) in [7, 11) is 0. The normalized spacial score (nSPS) is 25.0. The van der Waals surface area contributed by atoms with Crippen molar-refractivity contribution in [1.29, 1.82) is 0 Å². The van der Waals surface area contributed by atoms with Crippen LogP contribution in [0.1, 0.15) is 58.8 Å². The summed E-state index contributed by atoms with van der Waals surface area (Å²) in [4.78, 5) is 44.6. The second-order valence-electron chi connectivity index (χ2n) is 7.70. The third-order valence-electron chi connectivity index (χ3n) is 5.99. The van der Waals surface area contributed by atoms with Gasteiger partial charge in [0.2, 0.25) is 0 Å². The van der Waals surface area contributed by atoms with Gasteiger partial charge in [0.05, 0.1) is 0 Å². The number of carbonyl (C=O) groups is 4. The maximum absolute atomic E-state index is 11.2. The van der Waals surface area contributed by atoms with E-state index >= 15 is 0 Å². The molecule has 27 heavy (non-hydrogen) atoms. The Hall–Kier alpha value is -2.12. The van der Waals surface area contributed by atoms with Crippen LogP contribution in [0, 0.1) is 35.5 Å². The van der Waals surface area contributed by atoms with E-state index in [-0.39, 0.29) is 30.6 Å². The molecule has 0 aromatic carbocycles. The third-order valence-corrected chi connectivity index (χ3v) is 5.99. The van der Waals surface area contributed by atoms with Gasteiger partial charge in [-0.2, -0.15) is 0 Å². The van der Waals surface area contributed by atoms with Crippen molar-refractivity contribution in [3.8, 4) is 0 Å². The van der Waals surface area contributed by atoms with E-state index in [2.05, 4.69) is 13.8 Å². The minimum absolute atomic E-state index is 0.0241. The fourth-order valence-corrected chi connectivity index (χ4v) is 4.67. The fraction of sp³-hybridized carbons (Fsp3) is 0.789. The van der Waals surface area contributed by atoms with Gasteiger partial charge in [-0.3, -0.25) is 19.2 Å². The molecule has 0 aromatic heterocycles. The molecule has 4 N–H and O–H groups in total. The molecule has 8 heteroatoms. The van der Waals surface area contributed by atoms with Crippen LogP contribution in [0.2, 0.25) is 0 Å². The molecule has 0 amide bonds. The molecule has 154 valence electrons. The van der Waals surface area contributed by atoms with Gasteiger partial charge in [-0.05, 0) is 55.8 Å². The van der Waals surface area contributed by atoms with Crippen LogP contribution in [0.4, 0.5) is 0 Å². The molecule has 0 saturated heterocycles. The van der Waals surface area contributed by atoms with E-state index in [1.807, 2.05) is 0 Å². The predicted octanol–water partition coefficient (Wildman–Crippen LogP) is 2.81. The smallest absolute Gasteiger partial charge is 0.317 e. The molecule has 4 atom stereocenters. The van der Waals surface area contributed by atoms with Gasteiger partial charge in [0.15, 0.2) is 11.8 Å². The van der Waals surface area contributed by atoms with Gasteiger partial charge in [-0.1, -0.05) is 26.7 Å². The number of carboxylic acid groups (broad SMARTS) is 4. The van der Waals surface area contributed by atoms with Crippen molar-refractivity contribution < 1.29 is 39.6 Å². The molecule has 0 bridgehead atoms. The Morgan fingerprint density at radius 2 is 1.19 bits per heavy atom. The van der Waals surface area contributed by atoms with Crippen LogP contribution >= 0.6 is 0 Å². The lowest BCUT2D eigenvalue weighted by molar-refractivity contribution is -0.157. The molecule has 0 spiro atoms. The van der Waals surface area contributed by atoms with E-state index in [0.29, 0.717) is 18.8 Å². The SMILES string of the molecule is CCCC1CC(C)C(CCC(C(=O)O)C(=O)O)C1CCC(C(=O)O)C(=O)O. The van der Waals surface area contributed by atoms with Crippen LogP contribution in [0.3, 0.4) is 0 Å². The quantitative estimate of drug-likeness (QED) is 0.374. The summed E-state index contributed by atoms with van der Waals surface area (Å²) in [6.07, 6.45) is 3.73. The van der Waals surface area contributed by atoms with Crippen LogP contribution in [0.25, 0.3) is 0 Å². The van der Waals surface area contributed by atoms with Crippen molar-refractivity contribution in [3.63, 3.8) is 0 Å². The van der Waals surface area contributed by atoms with Gasteiger partial charge in [0.25, 0.3) is 0 Å². The predicted molar refractivity (Wildman–Crippen MR) is 95.2 cm³/mol. The Balaban J connectivity index is 2.88. The zero-order valence-corrected chi connectivity index (χ0v) is 15.8. The molecular formula is C19H30O8. The maximum atomic E-state index is 11.2. The lowest BCUT2D eigenvalue weighted by Crippen LogP contribution is -2.27. The van der Waals surface area contributed by atoms with Gasteiger partial charge in [0, 0.05) is 0 Å². The first-order valence-electron chi connectivity index (χ1n) is 9.51. The number of hydrogen-bond donors (Lipinski definition) is 4. The van der Waals surface area contributed by atoms with Crippen LogP contribution in [-0.4, -0.2) is 44.3 Å². The topological polar surface area (TPSA) is 149 Å². The summed E-state index contributed by atoms with van der Waals surface area (Å²) in [5.41, 5.74) is 0. The second kappa shape index (κ2) is 10.3. The zero-order valence-electron chi connectivity index (χ0n) is 15.8. The zero-order chi connectivity index (χ0) is 20.7. The fourth-order valence-electron chi connectivity index (χ4n) is 4.67. The monoisotopic (exact) mass is 386 g/mol. The van der Waals surface area contributed by atoms with Crippen molar-refractivity contribution in [2.24, 2.45) is 35.5 Å². The van der Waals surface area contributed by atoms with E-state index in [9.17, 15) is 19.2 Å². The summed E-state index contributed by atoms with van der Waals surface area (Å²) in [6, 6.07) is 0. The standard InChI is InChI=1S/C19H30O8/c1-3-4-11-9-10(2)12(5-7-14(16(20)21)17(22)23)13(11)6-8-15(18(24)25)19(26)27/h10-15H,3-9H2,1-2H3,(H,20,21)(H,22,23)(H,24,25)(H,26,27). The first-order valence-corrected chi connectivity index (χ1v) is 9.51. The molecule has 1 rings (SSSR count). The van der Waals surface area contributed by atoms with E-state index in [4.69, 9.17) is 20.4 Å².